The number of carbonyl (C=O) groups is 1. The van der Waals surface area contributed by atoms with Crippen molar-refractivity contribution in [2.24, 2.45) is 0 Å². The second kappa shape index (κ2) is 10.5. The van der Waals surface area contributed by atoms with Crippen LogP contribution < -0.4 is 20.9 Å². The van der Waals surface area contributed by atoms with E-state index in [0.717, 1.165) is 18.4 Å². The molecule has 0 atom stereocenters. The van der Waals surface area contributed by atoms with Crippen LogP contribution >= 0.6 is 0 Å². The Bertz CT molecular complexity index is 1070. The highest BCUT2D eigenvalue weighted by Crippen LogP contribution is 2.18. The lowest BCUT2D eigenvalue weighted by molar-refractivity contribution is -0.140. The fraction of sp³-hybridized carbons (Fsp3) is 0.429. The molecule has 0 amide bonds. The Morgan fingerprint density at radius 2 is 1.94 bits per heavy atom. The smallest absolute Gasteiger partial charge is 0.327 e. The number of aromatic nitrogens is 4. The number of benzene rings is 1. The number of hydrogen-bond acceptors (Lipinski definition) is 8. The molecule has 0 aliphatic carbocycles. The van der Waals surface area contributed by atoms with E-state index in [1.54, 1.807) is 0 Å². The number of imidazole rings is 1. The number of ether oxygens (including phenoxy) is 3. The Morgan fingerprint density at radius 3 is 2.65 bits per heavy atom. The summed E-state index contributed by atoms with van der Waals surface area (Å²) in [7, 11) is 1.37. The van der Waals surface area contributed by atoms with E-state index >= 15 is 0 Å². The predicted molar refractivity (Wildman–Crippen MR) is 115 cm³/mol. The van der Waals surface area contributed by atoms with Gasteiger partial charge in [-0.15, -0.1) is 0 Å². The highest BCUT2D eigenvalue weighted by Gasteiger charge is 2.14. The molecule has 0 saturated heterocycles. The topological polar surface area (TPSA) is 134 Å². The number of nitrogens with one attached hydrogen (secondary N) is 1. The van der Waals surface area contributed by atoms with Gasteiger partial charge >= 0.3 is 17.7 Å². The van der Waals surface area contributed by atoms with Crippen molar-refractivity contribution in [3.63, 3.8) is 0 Å². The first-order chi connectivity index (χ1) is 15.0. The van der Waals surface area contributed by atoms with Crippen molar-refractivity contribution >= 4 is 23.0 Å². The zero-order chi connectivity index (χ0) is 22.2. The summed E-state index contributed by atoms with van der Waals surface area (Å²) in [6.45, 7) is 3.06. The number of hydrogen-bond donors (Lipinski definition) is 2. The van der Waals surface area contributed by atoms with Crippen molar-refractivity contribution in [3.05, 3.63) is 40.3 Å². The van der Waals surface area contributed by atoms with E-state index in [2.05, 4.69) is 26.6 Å². The maximum atomic E-state index is 12.4. The number of methoxy groups -OCH3 is 1. The predicted octanol–water partition coefficient (Wildman–Crippen LogP) is 2.07. The van der Waals surface area contributed by atoms with Crippen LogP contribution in [0.2, 0.25) is 0 Å². The Hall–Kier alpha value is -3.56. The number of anilines is 1. The van der Waals surface area contributed by atoms with Crippen LogP contribution in [0, 0.1) is 0 Å². The van der Waals surface area contributed by atoms with Crippen molar-refractivity contribution in [2.45, 2.75) is 39.2 Å². The lowest BCUT2D eigenvalue weighted by atomic mass is 10.1. The molecule has 3 N–H and O–H groups in total. The molecule has 0 spiro atoms. The van der Waals surface area contributed by atoms with Crippen molar-refractivity contribution in [3.8, 4) is 11.8 Å². The fourth-order valence-electron chi connectivity index (χ4n) is 2.97. The summed E-state index contributed by atoms with van der Waals surface area (Å²) in [5.41, 5.74) is 7.38. The summed E-state index contributed by atoms with van der Waals surface area (Å²) in [5.74, 6) is 0.580. The van der Waals surface area contributed by atoms with E-state index in [-0.39, 0.29) is 36.6 Å². The second-order valence-corrected chi connectivity index (χ2v) is 6.94. The minimum Gasteiger partial charge on any atom is -0.492 e. The van der Waals surface area contributed by atoms with E-state index in [1.165, 1.54) is 11.7 Å². The first kappa shape index (κ1) is 22.1. The molecule has 1 aromatic carbocycles. The maximum Gasteiger partial charge on any atom is 0.327 e. The number of H-pyrrole nitrogens is 1. The Labute approximate surface area is 179 Å². The van der Waals surface area contributed by atoms with Crippen LogP contribution in [0.4, 0.5) is 5.82 Å². The zero-order valence-corrected chi connectivity index (χ0v) is 17.7. The largest absolute Gasteiger partial charge is 0.492 e. The SMILES string of the molecule is CCCCOc1nc(N)c2[nH]c(=O)n(CCOc3ccc(CCC(=O)OC)cc3)c2n1. The third-order valence-corrected chi connectivity index (χ3v) is 4.71. The summed E-state index contributed by atoms with van der Waals surface area (Å²) in [5, 5.41) is 0. The first-order valence-corrected chi connectivity index (χ1v) is 10.2. The molecule has 0 bridgehead atoms. The van der Waals surface area contributed by atoms with Crippen molar-refractivity contribution in [2.75, 3.05) is 26.1 Å². The normalized spacial score (nSPS) is 10.9. The Morgan fingerprint density at radius 1 is 1.16 bits per heavy atom. The van der Waals surface area contributed by atoms with Gasteiger partial charge in [-0.1, -0.05) is 25.5 Å². The number of aryl methyl sites for hydroxylation is 1. The zero-order valence-electron chi connectivity index (χ0n) is 17.7. The first-order valence-electron chi connectivity index (χ1n) is 10.2. The maximum absolute atomic E-state index is 12.4. The van der Waals surface area contributed by atoms with Gasteiger partial charge in [0.2, 0.25) is 0 Å². The molecule has 3 aromatic rings. The van der Waals surface area contributed by atoms with E-state index in [1.807, 2.05) is 24.3 Å². The van der Waals surface area contributed by atoms with E-state index in [4.69, 9.17) is 15.2 Å². The van der Waals surface area contributed by atoms with Crippen molar-refractivity contribution < 1.29 is 19.0 Å². The molecule has 2 heterocycles. The van der Waals surface area contributed by atoms with Gasteiger partial charge in [-0.3, -0.25) is 9.36 Å². The number of nitrogens with two attached hydrogens (primary N) is 1. The van der Waals surface area contributed by atoms with Gasteiger partial charge in [-0.25, -0.2) is 4.79 Å². The van der Waals surface area contributed by atoms with Crippen LogP contribution in [0.25, 0.3) is 11.2 Å². The second-order valence-electron chi connectivity index (χ2n) is 6.94. The molecular formula is C21H27N5O5. The lowest BCUT2D eigenvalue weighted by Gasteiger charge is -2.09. The van der Waals surface area contributed by atoms with Crippen molar-refractivity contribution in [1.82, 2.24) is 19.5 Å². The molecule has 166 valence electrons. The molecule has 0 fully saturated rings. The summed E-state index contributed by atoms with van der Waals surface area (Å²) >= 11 is 0. The van der Waals surface area contributed by atoms with Gasteiger partial charge in [0.1, 0.15) is 17.9 Å². The van der Waals surface area contributed by atoms with Crippen LogP contribution in [0.5, 0.6) is 11.8 Å². The molecule has 10 nitrogen and oxygen atoms in total. The lowest BCUT2D eigenvalue weighted by Crippen LogP contribution is -2.20. The van der Waals surface area contributed by atoms with Gasteiger partial charge in [-0.2, -0.15) is 9.97 Å². The third-order valence-electron chi connectivity index (χ3n) is 4.71. The van der Waals surface area contributed by atoms with Crippen LogP contribution in [-0.4, -0.2) is 45.8 Å². The average Bonchev–Trinajstić information content (AvgIpc) is 3.09. The van der Waals surface area contributed by atoms with Gasteiger partial charge in [-0.05, 0) is 30.5 Å². The highest BCUT2D eigenvalue weighted by atomic mass is 16.5. The quantitative estimate of drug-likeness (QED) is 0.349. The fourth-order valence-corrected chi connectivity index (χ4v) is 2.97. The van der Waals surface area contributed by atoms with E-state index in [0.29, 0.717) is 36.4 Å². The van der Waals surface area contributed by atoms with Gasteiger partial charge in [0.15, 0.2) is 11.5 Å². The highest BCUT2D eigenvalue weighted by molar-refractivity contribution is 5.81. The minimum absolute atomic E-state index is 0.148. The van der Waals surface area contributed by atoms with E-state index < -0.39 is 0 Å². The standard InChI is InChI=1S/C21H27N5O5/c1-3-4-12-31-20-24-18(22)17-19(25-20)26(21(28)23-17)11-13-30-15-8-5-14(6-9-15)7-10-16(27)29-2/h5-6,8-9H,3-4,7,10-13H2,1-2H3,(H,23,28)(H2,22,24,25). The Kier molecular flexibility index (Phi) is 7.47. The molecule has 0 radical (unpaired) electrons. The van der Waals surface area contributed by atoms with Gasteiger partial charge in [0.05, 0.1) is 20.3 Å². The molecule has 0 saturated carbocycles. The minimum atomic E-state index is -0.344. The van der Waals surface area contributed by atoms with Gasteiger partial charge < -0.3 is 24.9 Å². The number of rotatable bonds is 11. The molecule has 0 aliphatic heterocycles. The summed E-state index contributed by atoms with van der Waals surface area (Å²) in [4.78, 5) is 34.7. The molecule has 2 aromatic heterocycles. The van der Waals surface area contributed by atoms with Crippen LogP contribution in [0.1, 0.15) is 31.7 Å². The van der Waals surface area contributed by atoms with Crippen LogP contribution in [0.3, 0.4) is 0 Å². The number of carbonyl (C=O) groups excluding carboxylic acids is 1. The summed E-state index contributed by atoms with van der Waals surface area (Å²) < 4.78 is 17.4. The molecule has 0 aliphatic rings. The number of nitrogen functional groups attached to an aromatic ring is 1. The molecule has 0 unspecified atom stereocenters. The summed E-state index contributed by atoms with van der Waals surface area (Å²) in [6.07, 6.45) is 2.78. The van der Waals surface area contributed by atoms with Crippen LogP contribution in [-0.2, 0) is 22.5 Å². The number of esters is 1. The number of aromatic amines is 1. The number of unbranched alkanes of at least 4 members (excludes halogenated alkanes) is 1. The third kappa shape index (κ3) is 5.74. The van der Waals surface area contributed by atoms with Crippen molar-refractivity contribution in [1.29, 1.82) is 0 Å². The molecule has 3 rings (SSSR count). The number of fused-ring (bicyclic) bond motifs is 1. The van der Waals surface area contributed by atoms with Gasteiger partial charge in [0, 0.05) is 6.42 Å². The van der Waals surface area contributed by atoms with Gasteiger partial charge in [0.25, 0.3) is 0 Å². The number of nitrogens with zero attached hydrogens (tertiary/aromatic N) is 3. The molecule has 10 heteroatoms. The molecular weight excluding hydrogens is 402 g/mol. The van der Waals surface area contributed by atoms with E-state index in [9.17, 15) is 9.59 Å². The monoisotopic (exact) mass is 429 g/mol. The Balaban J connectivity index is 1.63. The van der Waals surface area contributed by atoms with Crippen LogP contribution in [0.15, 0.2) is 29.1 Å². The average molecular weight is 429 g/mol. The molecule has 31 heavy (non-hydrogen) atoms. The summed E-state index contributed by atoms with van der Waals surface area (Å²) in [6, 6.07) is 7.58.